The number of hydroxylamine groups is 1. The molecule has 3 heteroatoms. The Morgan fingerprint density at radius 1 is 1.00 bits per heavy atom. The van der Waals surface area contributed by atoms with Gasteiger partial charge in [0, 0.05) is 0 Å². The van der Waals surface area contributed by atoms with E-state index in [-0.39, 0.29) is 12.1 Å². The number of hydrogen-bond acceptors (Lipinski definition) is 2. The first-order valence-electron chi connectivity index (χ1n) is 8.39. The van der Waals surface area contributed by atoms with Crippen molar-refractivity contribution in [3.8, 4) is 0 Å². The van der Waals surface area contributed by atoms with Gasteiger partial charge in [0.05, 0.1) is 12.1 Å². The van der Waals surface area contributed by atoms with Crippen LogP contribution in [0.1, 0.15) is 85.5 Å². The predicted octanol–water partition coefficient (Wildman–Crippen LogP) is 5.99. The number of hydrogen-bond donors (Lipinski definition) is 0. The lowest BCUT2D eigenvalue weighted by Gasteiger charge is -2.28. The van der Waals surface area contributed by atoms with Gasteiger partial charge in [-0.1, -0.05) is 72.0 Å². The highest BCUT2D eigenvalue weighted by Crippen LogP contribution is 2.22. The molecule has 0 aromatic carbocycles. The minimum Gasteiger partial charge on any atom is -0.267 e. The zero-order valence-corrected chi connectivity index (χ0v) is 14.0. The lowest BCUT2D eigenvalue weighted by Crippen LogP contribution is -2.34. The van der Waals surface area contributed by atoms with Crippen LogP contribution in [-0.2, 0) is 4.84 Å². The van der Waals surface area contributed by atoms with Gasteiger partial charge in [-0.3, -0.25) is 4.84 Å². The summed E-state index contributed by atoms with van der Waals surface area (Å²) in [6.07, 6.45) is 8.73. The molecule has 2 unspecified atom stereocenters. The van der Waals surface area contributed by atoms with Gasteiger partial charge < -0.3 is 0 Å². The monoisotopic (exact) mass is 287 g/mol. The number of rotatable bonds is 13. The fourth-order valence-electron chi connectivity index (χ4n) is 2.30. The molecule has 0 saturated carbocycles. The van der Waals surface area contributed by atoms with Crippen molar-refractivity contribution >= 4 is 0 Å². The Bertz CT molecular complexity index is 245. The maximum atomic E-state index is 14.4. The van der Waals surface area contributed by atoms with Crippen molar-refractivity contribution in [2.24, 2.45) is 0 Å². The fourth-order valence-corrected chi connectivity index (χ4v) is 2.30. The third-order valence-electron chi connectivity index (χ3n) is 3.74. The lowest BCUT2D eigenvalue weighted by atomic mass is 10.0. The maximum absolute atomic E-state index is 14.4. The second kappa shape index (κ2) is 12.3. The molecule has 120 valence electrons. The molecule has 0 bridgehead atoms. The zero-order chi connectivity index (χ0) is 15.4. The van der Waals surface area contributed by atoms with Crippen LogP contribution in [-0.4, -0.2) is 17.4 Å². The molecule has 0 rings (SSSR count). The van der Waals surface area contributed by atoms with Crippen LogP contribution >= 0.6 is 0 Å². The van der Waals surface area contributed by atoms with Crippen molar-refractivity contribution in [1.29, 1.82) is 0 Å². The van der Waals surface area contributed by atoms with Gasteiger partial charge in [-0.05, 0) is 31.0 Å². The van der Waals surface area contributed by atoms with E-state index >= 15 is 0 Å². The smallest absolute Gasteiger partial charge is 0.0886 e. The van der Waals surface area contributed by atoms with E-state index in [0.29, 0.717) is 5.29 Å². The molecule has 20 heavy (non-hydrogen) atoms. The summed E-state index contributed by atoms with van der Waals surface area (Å²) < 4.78 is 14.4. The van der Waals surface area contributed by atoms with Crippen molar-refractivity contribution in [2.75, 3.05) is 0 Å². The Morgan fingerprint density at radius 3 is 2.10 bits per heavy atom. The molecular formula is C17H34FNO. The van der Waals surface area contributed by atoms with Crippen molar-refractivity contribution in [1.82, 2.24) is 5.29 Å². The van der Waals surface area contributed by atoms with Crippen molar-refractivity contribution in [2.45, 2.75) is 97.6 Å². The molecular weight excluding hydrogens is 253 g/mol. The largest absolute Gasteiger partial charge is 0.267 e. The standard InChI is InChI=1S/C17H34FNO/c1-6-10-13-16(12-8-3)20-19(18)17(14-11-7-2)15(5)9-4/h16-17H,5-14H2,1-4H3. The minimum atomic E-state index is -0.291. The van der Waals surface area contributed by atoms with Crippen LogP contribution in [0, 0.1) is 0 Å². The van der Waals surface area contributed by atoms with Crippen LogP contribution < -0.4 is 0 Å². The van der Waals surface area contributed by atoms with Gasteiger partial charge in [-0.25, -0.2) is 0 Å². The molecule has 0 aromatic heterocycles. The van der Waals surface area contributed by atoms with Crippen molar-refractivity contribution in [3.05, 3.63) is 12.2 Å². The van der Waals surface area contributed by atoms with E-state index < -0.39 is 0 Å². The summed E-state index contributed by atoms with van der Waals surface area (Å²) >= 11 is 0. The second-order valence-electron chi connectivity index (χ2n) is 5.60. The first-order chi connectivity index (χ1) is 9.60. The molecule has 0 amide bonds. The van der Waals surface area contributed by atoms with Gasteiger partial charge in [0.25, 0.3) is 0 Å². The highest BCUT2D eigenvalue weighted by molar-refractivity contribution is 5.03. The molecule has 0 radical (unpaired) electrons. The summed E-state index contributed by atoms with van der Waals surface area (Å²) in [7, 11) is 0. The van der Waals surface area contributed by atoms with E-state index in [1.165, 1.54) is 0 Å². The Kier molecular flexibility index (Phi) is 12.1. The van der Waals surface area contributed by atoms with E-state index in [1.807, 2.05) is 6.92 Å². The van der Waals surface area contributed by atoms with Gasteiger partial charge in [0.2, 0.25) is 0 Å². The normalized spacial score (nSPS) is 14.5. The number of halogens is 1. The summed E-state index contributed by atoms with van der Waals surface area (Å²) in [5, 5.41) is 0.595. The Labute approximate surface area is 125 Å². The number of nitrogens with zero attached hydrogens (tertiary/aromatic N) is 1. The highest BCUT2D eigenvalue weighted by Gasteiger charge is 2.24. The summed E-state index contributed by atoms with van der Waals surface area (Å²) in [6, 6.07) is -0.291. The molecule has 0 aliphatic heterocycles. The average molecular weight is 287 g/mol. The van der Waals surface area contributed by atoms with Gasteiger partial charge in [-0.2, -0.15) is 0 Å². The molecule has 0 saturated heterocycles. The van der Waals surface area contributed by atoms with E-state index in [0.717, 1.165) is 63.4 Å². The summed E-state index contributed by atoms with van der Waals surface area (Å²) in [4.78, 5) is 5.58. The van der Waals surface area contributed by atoms with Crippen molar-refractivity contribution in [3.63, 3.8) is 0 Å². The SMILES string of the molecule is C=C(CC)C(CCCC)N(F)OC(CCC)CCCC. The van der Waals surface area contributed by atoms with Gasteiger partial charge in [0.15, 0.2) is 0 Å². The topological polar surface area (TPSA) is 12.5 Å². The van der Waals surface area contributed by atoms with E-state index in [2.05, 4.69) is 27.4 Å². The van der Waals surface area contributed by atoms with Gasteiger partial charge in [0.1, 0.15) is 0 Å². The fraction of sp³-hybridized carbons (Fsp3) is 0.882. The maximum Gasteiger partial charge on any atom is 0.0886 e. The minimum absolute atomic E-state index is 0.00117. The molecule has 0 heterocycles. The van der Waals surface area contributed by atoms with E-state index in [9.17, 15) is 4.48 Å². The quantitative estimate of drug-likeness (QED) is 0.234. The third kappa shape index (κ3) is 8.01. The summed E-state index contributed by atoms with van der Waals surface area (Å²) in [6.45, 7) is 12.4. The van der Waals surface area contributed by atoms with E-state index in [1.54, 1.807) is 0 Å². The van der Waals surface area contributed by atoms with Crippen LogP contribution in [0.2, 0.25) is 0 Å². The van der Waals surface area contributed by atoms with E-state index in [4.69, 9.17) is 4.84 Å². The lowest BCUT2D eigenvalue weighted by molar-refractivity contribution is -0.324. The molecule has 0 aliphatic rings. The Balaban J connectivity index is 4.50. The Morgan fingerprint density at radius 2 is 1.60 bits per heavy atom. The highest BCUT2D eigenvalue weighted by atomic mass is 19.2. The molecule has 2 nitrogen and oxygen atoms in total. The molecule has 0 N–H and O–H groups in total. The molecule has 2 atom stereocenters. The molecule has 0 fully saturated rings. The summed E-state index contributed by atoms with van der Waals surface area (Å²) in [5.41, 5.74) is 0.923. The zero-order valence-electron chi connectivity index (χ0n) is 14.0. The third-order valence-corrected chi connectivity index (χ3v) is 3.74. The first-order valence-corrected chi connectivity index (χ1v) is 8.39. The molecule has 0 spiro atoms. The van der Waals surface area contributed by atoms with Gasteiger partial charge >= 0.3 is 0 Å². The number of unbranched alkanes of at least 4 members (excludes halogenated alkanes) is 2. The van der Waals surface area contributed by atoms with Crippen LogP contribution in [0.4, 0.5) is 4.48 Å². The van der Waals surface area contributed by atoms with Crippen molar-refractivity contribution < 1.29 is 9.32 Å². The van der Waals surface area contributed by atoms with Crippen LogP contribution in [0.5, 0.6) is 0 Å². The first kappa shape index (κ1) is 19.6. The van der Waals surface area contributed by atoms with Crippen LogP contribution in [0.25, 0.3) is 0 Å². The second-order valence-corrected chi connectivity index (χ2v) is 5.60. The molecule has 0 aliphatic carbocycles. The average Bonchev–Trinajstić information content (AvgIpc) is 2.44. The van der Waals surface area contributed by atoms with Gasteiger partial charge in [-0.15, -0.1) is 4.48 Å². The Hall–Kier alpha value is -0.410. The summed E-state index contributed by atoms with van der Waals surface area (Å²) in [5.74, 6) is 0. The van der Waals surface area contributed by atoms with Crippen LogP contribution in [0.3, 0.4) is 0 Å². The molecule has 0 aromatic rings. The predicted molar refractivity (Wildman–Crippen MR) is 85.0 cm³/mol. The van der Waals surface area contributed by atoms with Crippen LogP contribution in [0.15, 0.2) is 12.2 Å².